The first-order valence-corrected chi connectivity index (χ1v) is 5.18. The predicted molar refractivity (Wildman–Crippen MR) is 60.7 cm³/mol. The van der Waals surface area contributed by atoms with Crippen LogP contribution >= 0.6 is 34.8 Å². The third-order valence-corrected chi connectivity index (χ3v) is 2.25. The van der Waals surface area contributed by atoms with Gasteiger partial charge < -0.3 is 4.84 Å². The number of halogens is 3. The fourth-order valence-corrected chi connectivity index (χ4v) is 1.31. The Morgan fingerprint density at radius 1 is 1.40 bits per heavy atom. The summed E-state index contributed by atoms with van der Waals surface area (Å²) >= 11 is 16.8. The molecule has 3 nitrogen and oxygen atoms in total. The van der Waals surface area contributed by atoms with Crippen LogP contribution in [0.2, 0.25) is 5.02 Å². The molecule has 0 fully saturated rings. The van der Waals surface area contributed by atoms with Crippen molar-refractivity contribution >= 4 is 45.9 Å². The maximum atomic E-state index is 10.7. The normalized spacial score (nSPS) is 11.3. The van der Waals surface area contributed by atoms with Gasteiger partial charge in [0.25, 0.3) is 0 Å². The maximum absolute atomic E-state index is 10.7. The van der Waals surface area contributed by atoms with Crippen molar-refractivity contribution in [3.05, 3.63) is 34.9 Å². The largest absolute Gasteiger partial charge is 0.349 e. The molecule has 1 aromatic rings. The van der Waals surface area contributed by atoms with Crippen molar-refractivity contribution in [3.63, 3.8) is 0 Å². The maximum Gasteiger partial charge on any atom is 0.349 e. The summed E-state index contributed by atoms with van der Waals surface area (Å²) in [6.07, 6.45) is 0. The Morgan fingerprint density at radius 3 is 2.67 bits per heavy atom. The fourth-order valence-electron chi connectivity index (χ4n) is 0.793. The molecule has 0 N–H and O–H groups in total. The number of oxime groups is 1. The van der Waals surface area contributed by atoms with Gasteiger partial charge in [0, 0.05) is 5.56 Å². The number of hydrogen-bond donors (Lipinski definition) is 0. The van der Waals surface area contributed by atoms with E-state index in [0.29, 0.717) is 10.6 Å². The highest BCUT2D eigenvalue weighted by atomic mass is 35.5. The fraction of sp³-hybridized carbons (Fsp3) is 0.111. The summed E-state index contributed by atoms with van der Waals surface area (Å²) < 4.78 is 0. The van der Waals surface area contributed by atoms with Gasteiger partial charge in [0.1, 0.15) is 5.88 Å². The van der Waals surface area contributed by atoms with Gasteiger partial charge in [-0.1, -0.05) is 46.6 Å². The average molecular weight is 267 g/mol. The van der Waals surface area contributed by atoms with Gasteiger partial charge >= 0.3 is 5.97 Å². The number of hydrogen-bond acceptors (Lipinski definition) is 3. The van der Waals surface area contributed by atoms with Gasteiger partial charge in [-0.2, -0.15) is 0 Å². The topological polar surface area (TPSA) is 38.7 Å². The number of carbonyl (C=O) groups excluding carboxylic acids is 1. The molecular weight excluding hydrogens is 260 g/mol. The Balaban J connectivity index is 2.80. The summed E-state index contributed by atoms with van der Waals surface area (Å²) in [7, 11) is 0. The van der Waals surface area contributed by atoms with Crippen LogP contribution in [0.5, 0.6) is 0 Å². The zero-order chi connectivity index (χ0) is 11.3. The Bertz CT molecular complexity index is 393. The molecule has 0 aromatic heterocycles. The lowest BCUT2D eigenvalue weighted by atomic mass is 10.2. The van der Waals surface area contributed by atoms with E-state index >= 15 is 0 Å². The van der Waals surface area contributed by atoms with Crippen LogP contribution in [0.3, 0.4) is 0 Å². The van der Waals surface area contributed by atoms with Gasteiger partial charge in [-0.05, 0) is 6.07 Å². The minimum absolute atomic E-state index is 0.000864. The molecule has 15 heavy (non-hydrogen) atoms. The summed E-state index contributed by atoms with van der Waals surface area (Å²) in [4.78, 5) is 15.1. The molecule has 0 amide bonds. The second-order valence-corrected chi connectivity index (χ2v) is 3.49. The van der Waals surface area contributed by atoms with Crippen LogP contribution in [0.15, 0.2) is 29.4 Å². The van der Waals surface area contributed by atoms with E-state index in [0.717, 1.165) is 0 Å². The van der Waals surface area contributed by atoms with Crippen molar-refractivity contribution in [1.29, 1.82) is 0 Å². The molecule has 0 aliphatic rings. The van der Waals surface area contributed by atoms with Crippen LogP contribution < -0.4 is 0 Å². The lowest BCUT2D eigenvalue weighted by molar-refractivity contribution is -0.140. The van der Waals surface area contributed by atoms with E-state index in [1.54, 1.807) is 24.3 Å². The van der Waals surface area contributed by atoms with Crippen molar-refractivity contribution in [2.45, 2.75) is 0 Å². The van der Waals surface area contributed by atoms with E-state index in [4.69, 9.17) is 34.8 Å². The smallest absolute Gasteiger partial charge is 0.315 e. The number of nitrogens with zero attached hydrogens (tertiary/aromatic N) is 1. The van der Waals surface area contributed by atoms with Crippen molar-refractivity contribution in [1.82, 2.24) is 0 Å². The first-order chi connectivity index (χ1) is 7.15. The zero-order valence-electron chi connectivity index (χ0n) is 7.41. The number of alkyl halides is 1. The monoisotopic (exact) mass is 265 g/mol. The standard InChI is InChI=1S/C9H6Cl3NO2/c10-5-8(14)15-13-9(12)6-3-1-2-4-7(6)11/h1-4H,5H2/b13-9-. The minimum Gasteiger partial charge on any atom is -0.315 e. The second-order valence-electron chi connectivity index (χ2n) is 2.46. The Kier molecular flexibility index (Phi) is 4.88. The SMILES string of the molecule is O=C(CCl)O/N=C(\Cl)c1ccccc1Cl. The molecule has 80 valence electrons. The van der Waals surface area contributed by atoms with Crippen LogP contribution in [0.4, 0.5) is 0 Å². The zero-order valence-corrected chi connectivity index (χ0v) is 9.68. The molecule has 1 rings (SSSR count). The molecule has 0 aliphatic heterocycles. The van der Waals surface area contributed by atoms with E-state index < -0.39 is 5.97 Å². The van der Waals surface area contributed by atoms with Crippen LogP contribution in [-0.2, 0) is 9.63 Å². The molecule has 0 spiro atoms. The molecule has 0 heterocycles. The molecule has 1 aromatic carbocycles. The lowest BCUT2D eigenvalue weighted by Gasteiger charge is -2.00. The molecule has 0 saturated heterocycles. The quantitative estimate of drug-likeness (QED) is 0.365. The first kappa shape index (κ1) is 12.3. The van der Waals surface area contributed by atoms with Gasteiger partial charge in [-0.3, -0.25) is 0 Å². The molecule has 0 bridgehead atoms. The van der Waals surface area contributed by atoms with Crippen molar-refractivity contribution in [3.8, 4) is 0 Å². The molecule has 0 aliphatic carbocycles. The third kappa shape index (κ3) is 3.70. The Hall–Kier alpha value is -0.770. The van der Waals surface area contributed by atoms with Gasteiger partial charge in [0.05, 0.1) is 5.02 Å². The third-order valence-electron chi connectivity index (χ3n) is 1.43. The van der Waals surface area contributed by atoms with Crippen molar-refractivity contribution in [2.75, 3.05) is 5.88 Å². The molecule has 0 radical (unpaired) electrons. The van der Waals surface area contributed by atoms with Crippen LogP contribution in [-0.4, -0.2) is 17.0 Å². The molecular formula is C9H6Cl3NO2. The Morgan fingerprint density at radius 2 is 2.07 bits per heavy atom. The predicted octanol–water partition coefficient (Wildman–Crippen LogP) is 3.02. The summed E-state index contributed by atoms with van der Waals surface area (Å²) in [5.74, 6) is -0.960. The Labute approximate surface area is 102 Å². The van der Waals surface area contributed by atoms with Gasteiger partial charge in [-0.25, -0.2) is 4.79 Å². The van der Waals surface area contributed by atoms with Crippen LogP contribution in [0.25, 0.3) is 0 Å². The number of benzene rings is 1. The number of carbonyl (C=O) groups is 1. The minimum atomic E-state index is -0.679. The van der Waals surface area contributed by atoms with E-state index in [9.17, 15) is 4.79 Å². The van der Waals surface area contributed by atoms with Gasteiger partial charge in [0.2, 0.25) is 0 Å². The number of rotatable bonds is 3. The first-order valence-electron chi connectivity index (χ1n) is 3.89. The van der Waals surface area contributed by atoms with E-state index in [1.165, 1.54) is 0 Å². The van der Waals surface area contributed by atoms with Crippen molar-refractivity contribution in [2.24, 2.45) is 5.16 Å². The molecule has 6 heteroatoms. The molecule has 0 saturated carbocycles. The molecule has 0 atom stereocenters. The highest BCUT2D eigenvalue weighted by molar-refractivity contribution is 6.70. The average Bonchev–Trinajstić information content (AvgIpc) is 2.26. The van der Waals surface area contributed by atoms with Crippen molar-refractivity contribution < 1.29 is 9.63 Å². The second kappa shape index (κ2) is 5.95. The summed E-state index contributed by atoms with van der Waals surface area (Å²) in [6.45, 7) is 0. The summed E-state index contributed by atoms with van der Waals surface area (Å²) in [6, 6.07) is 6.80. The lowest BCUT2D eigenvalue weighted by Crippen LogP contribution is -2.03. The van der Waals surface area contributed by atoms with Gasteiger partial charge in [-0.15, -0.1) is 11.6 Å². The highest BCUT2D eigenvalue weighted by Gasteiger charge is 2.06. The summed E-state index contributed by atoms with van der Waals surface area (Å²) in [5.41, 5.74) is 0.489. The summed E-state index contributed by atoms with van der Waals surface area (Å²) in [5, 5.41) is 3.81. The van der Waals surface area contributed by atoms with Gasteiger partial charge in [0.15, 0.2) is 5.17 Å². The van der Waals surface area contributed by atoms with E-state index in [-0.39, 0.29) is 11.1 Å². The van der Waals surface area contributed by atoms with Crippen LogP contribution in [0.1, 0.15) is 5.56 Å². The van der Waals surface area contributed by atoms with Crippen LogP contribution in [0, 0.1) is 0 Å². The highest BCUT2D eigenvalue weighted by Crippen LogP contribution is 2.17. The van der Waals surface area contributed by atoms with E-state index in [2.05, 4.69) is 9.99 Å². The molecule has 0 unspecified atom stereocenters. The van der Waals surface area contributed by atoms with E-state index in [1.807, 2.05) is 0 Å².